The zero-order chi connectivity index (χ0) is 35.7. The summed E-state index contributed by atoms with van der Waals surface area (Å²) in [7, 11) is 0. The van der Waals surface area contributed by atoms with E-state index in [2.05, 4.69) is 89.5 Å². The van der Waals surface area contributed by atoms with Crippen LogP contribution in [0.15, 0.2) is 121 Å². The smallest absolute Gasteiger partial charge is 0.171 e. The van der Waals surface area contributed by atoms with Gasteiger partial charge in [0.2, 0.25) is 0 Å². The van der Waals surface area contributed by atoms with Crippen LogP contribution in [0.3, 0.4) is 0 Å². The average molecular weight is 706 g/mol. The molecule has 0 saturated heterocycles. The standard InChI is InChI=1S/C45H27N3O4S/c1-22-40(49)42(51)37(43(52)41(22)50)38-45(47-30-17-9-8-16-29(30)46-38)48-31-20-18-23-10-2-4-12-25(23)33(31)35-27-14-6-7-15-28(27)36-34-26-13-5-3-11-24(26)19-21-32(34)53-44(36)39(35)48/h2-21,49-52H,1H3. The van der Waals surface area contributed by atoms with Gasteiger partial charge in [0.1, 0.15) is 5.69 Å². The SMILES string of the molecule is Cc1c(O)c(O)c(-c2nc3ccccc3nc2-n2c3ccc4ccccc4c3c3c4ccccc4c4c(sc5ccc6ccccc6c54)c32)c(O)c1O. The highest BCUT2D eigenvalue weighted by Crippen LogP contribution is 2.54. The Morgan fingerprint density at radius 2 is 1.06 bits per heavy atom. The highest BCUT2D eigenvalue weighted by Gasteiger charge is 2.30. The van der Waals surface area contributed by atoms with Crippen molar-refractivity contribution in [2.45, 2.75) is 6.92 Å². The van der Waals surface area contributed by atoms with Crippen molar-refractivity contribution in [1.29, 1.82) is 0 Å². The Balaban J connectivity index is 1.46. The lowest BCUT2D eigenvalue weighted by Crippen LogP contribution is -2.04. The Kier molecular flexibility index (Phi) is 5.94. The van der Waals surface area contributed by atoms with E-state index in [1.807, 2.05) is 30.3 Å². The maximum atomic E-state index is 11.5. The lowest BCUT2D eigenvalue weighted by atomic mass is 9.95. The molecule has 3 aromatic heterocycles. The molecule has 0 amide bonds. The van der Waals surface area contributed by atoms with Crippen molar-refractivity contribution in [2.24, 2.45) is 0 Å². The molecule has 0 spiro atoms. The summed E-state index contributed by atoms with van der Waals surface area (Å²) in [6, 6.07) is 41.3. The molecule has 0 aliphatic carbocycles. The molecule has 53 heavy (non-hydrogen) atoms. The molecule has 0 atom stereocenters. The Bertz CT molecular complexity index is 3390. The van der Waals surface area contributed by atoms with Gasteiger partial charge in [-0.05, 0) is 63.5 Å². The van der Waals surface area contributed by atoms with E-state index >= 15 is 0 Å². The van der Waals surface area contributed by atoms with E-state index in [0.29, 0.717) is 16.9 Å². The van der Waals surface area contributed by atoms with Crippen LogP contribution in [-0.2, 0) is 0 Å². The van der Waals surface area contributed by atoms with Crippen LogP contribution >= 0.6 is 11.3 Å². The minimum atomic E-state index is -0.598. The molecule has 0 saturated carbocycles. The Morgan fingerprint density at radius 1 is 0.509 bits per heavy atom. The van der Waals surface area contributed by atoms with Gasteiger partial charge in [-0.25, -0.2) is 9.97 Å². The van der Waals surface area contributed by atoms with E-state index in [-0.39, 0.29) is 16.8 Å². The summed E-state index contributed by atoms with van der Waals surface area (Å²) < 4.78 is 4.28. The molecule has 0 aliphatic heterocycles. The molecule has 8 heteroatoms. The Hall–Kier alpha value is -6.90. The van der Waals surface area contributed by atoms with Gasteiger partial charge in [0, 0.05) is 31.8 Å². The predicted octanol–water partition coefficient (Wildman–Crippen LogP) is 11.4. The number of hydrogen-bond donors (Lipinski definition) is 4. The van der Waals surface area contributed by atoms with E-state index in [0.717, 1.165) is 63.5 Å². The second kappa shape index (κ2) is 10.6. The summed E-state index contributed by atoms with van der Waals surface area (Å²) in [5, 5.41) is 56.1. The van der Waals surface area contributed by atoms with Gasteiger partial charge < -0.3 is 20.4 Å². The van der Waals surface area contributed by atoms with Crippen LogP contribution in [0, 0.1) is 6.92 Å². The monoisotopic (exact) mass is 705 g/mol. The number of para-hydroxylation sites is 2. The average Bonchev–Trinajstić information content (AvgIpc) is 3.77. The first-order valence-corrected chi connectivity index (χ1v) is 18.1. The van der Waals surface area contributed by atoms with Gasteiger partial charge in [-0.3, -0.25) is 4.57 Å². The third-order valence-electron chi connectivity index (χ3n) is 10.8. The number of aromatic nitrogens is 3. The number of phenolic OH excluding ortho intramolecular Hbond substituents is 4. The van der Waals surface area contributed by atoms with Crippen LogP contribution in [0.1, 0.15) is 5.56 Å². The quantitative estimate of drug-likeness (QED) is 0.105. The van der Waals surface area contributed by atoms with Crippen molar-refractivity contribution in [1.82, 2.24) is 14.5 Å². The highest BCUT2D eigenvalue weighted by atomic mass is 32.1. The van der Waals surface area contributed by atoms with E-state index in [1.54, 1.807) is 17.4 Å². The van der Waals surface area contributed by atoms with E-state index in [1.165, 1.54) is 17.7 Å². The molecular weight excluding hydrogens is 679 g/mol. The van der Waals surface area contributed by atoms with Crippen LogP contribution in [0.4, 0.5) is 0 Å². The van der Waals surface area contributed by atoms with Crippen LogP contribution in [0.2, 0.25) is 0 Å². The Labute approximate surface area is 304 Å². The number of hydrogen-bond acceptors (Lipinski definition) is 7. The van der Waals surface area contributed by atoms with Crippen LogP contribution in [0.5, 0.6) is 23.0 Å². The van der Waals surface area contributed by atoms with Crippen molar-refractivity contribution >= 4 is 96.7 Å². The summed E-state index contributed by atoms with van der Waals surface area (Å²) in [4.78, 5) is 10.3. The molecule has 4 N–H and O–H groups in total. The second-order valence-corrected chi connectivity index (χ2v) is 14.6. The number of benzene rings is 8. The molecule has 7 nitrogen and oxygen atoms in total. The maximum absolute atomic E-state index is 11.5. The lowest BCUT2D eigenvalue weighted by molar-refractivity contribution is 0.370. The molecule has 0 unspecified atom stereocenters. The number of aromatic hydroxyl groups is 4. The zero-order valence-corrected chi connectivity index (χ0v) is 28.9. The summed E-state index contributed by atoms with van der Waals surface area (Å²) in [5.74, 6) is -1.97. The molecule has 3 heterocycles. The first-order valence-electron chi connectivity index (χ1n) is 17.2. The van der Waals surface area contributed by atoms with E-state index < -0.39 is 23.0 Å². The summed E-state index contributed by atoms with van der Waals surface area (Å²) in [6.45, 7) is 1.42. The van der Waals surface area contributed by atoms with Crippen molar-refractivity contribution in [3.63, 3.8) is 0 Å². The molecule has 0 bridgehead atoms. The first kappa shape index (κ1) is 29.8. The van der Waals surface area contributed by atoms with E-state index in [4.69, 9.17) is 9.97 Å². The Morgan fingerprint density at radius 3 is 1.74 bits per heavy atom. The molecule has 0 radical (unpaired) electrons. The topological polar surface area (TPSA) is 112 Å². The van der Waals surface area contributed by atoms with Gasteiger partial charge in [-0.1, -0.05) is 97.1 Å². The minimum Gasteiger partial charge on any atom is -0.504 e. The lowest BCUT2D eigenvalue weighted by Gasteiger charge is -2.17. The highest BCUT2D eigenvalue weighted by molar-refractivity contribution is 7.27. The fraction of sp³-hybridized carbons (Fsp3) is 0.0222. The number of phenols is 4. The molecule has 8 aromatic carbocycles. The predicted molar refractivity (Wildman–Crippen MR) is 216 cm³/mol. The van der Waals surface area contributed by atoms with Gasteiger partial charge in [0.05, 0.1) is 32.3 Å². The van der Waals surface area contributed by atoms with E-state index in [9.17, 15) is 20.4 Å². The number of rotatable bonds is 2. The second-order valence-electron chi connectivity index (χ2n) is 13.5. The molecule has 11 rings (SSSR count). The van der Waals surface area contributed by atoms with Gasteiger partial charge in [0.25, 0.3) is 0 Å². The van der Waals surface area contributed by atoms with Gasteiger partial charge in [-0.15, -0.1) is 11.3 Å². The molecular formula is C45H27N3O4S. The maximum Gasteiger partial charge on any atom is 0.171 e. The molecule has 0 aliphatic rings. The van der Waals surface area contributed by atoms with Crippen LogP contribution < -0.4 is 0 Å². The normalized spacial score (nSPS) is 12.2. The third kappa shape index (κ3) is 3.87. The fourth-order valence-electron chi connectivity index (χ4n) is 8.32. The van der Waals surface area contributed by atoms with Crippen molar-refractivity contribution < 1.29 is 20.4 Å². The fourth-order valence-corrected chi connectivity index (χ4v) is 9.60. The summed E-state index contributed by atoms with van der Waals surface area (Å²) >= 11 is 1.72. The molecule has 11 aromatic rings. The summed E-state index contributed by atoms with van der Waals surface area (Å²) in [5.41, 5.74) is 2.71. The van der Waals surface area contributed by atoms with Gasteiger partial charge in [0.15, 0.2) is 28.8 Å². The number of nitrogens with zero attached hydrogens (tertiary/aromatic N) is 3. The van der Waals surface area contributed by atoms with Gasteiger partial charge in [-0.2, -0.15) is 0 Å². The van der Waals surface area contributed by atoms with Crippen LogP contribution in [0.25, 0.3) is 102 Å². The van der Waals surface area contributed by atoms with Crippen molar-refractivity contribution in [2.75, 3.05) is 0 Å². The van der Waals surface area contributed by atoms with Crippen molar-refractivity contribution in [3.05, 3.63) is 127 Å². The summed E-state index contributed by atoms with van der Waals surface area (Å²) in [6.07, 6.45) is 0. The number of thiophene rings is 1. The number of fused-ring (bicyclic) bond motifs is 15. The molecule has 252 valence electrons. The minimum absolute atomic E-state index is 0.0481. The largest absolute Gasteiger partial charge is 0.504 e. The first-order chi connectivity index (χ1) is 25.9. The zero-order valence-electron chi connectivity index (χ0n) is 28.1. The van der Waals surface area contributed by atoms with Crippen molar-refractivity contribution in [3.8, 4) is 40.1 Å². The van der Waals surface area contributed by atoms with Gasteiger partial charge >= 0.3 is 0 Å². The molecule has 0 fully saturated rings. The third-order valence-corrected chi connectivity index (χ3v) is 11.9. The van der Waals surface area contributed by atoms with Crippen LogP contribution in [-0.4, -0.2) is 35.0 Å².